The molecule has 0 aliphatic heterocycles. The smallest absolute Gasteiger partial charge is 0.233 e. The Bertz CT molecular complexity index is 1370. The maximum Gasteiger partial charge on any atom is 0.233 e. The van der Waals surface area contributed by atoms with Crippen LogP contribution in [0.3, 0.4) is 0 Å². The number of nitrogens with one attached hydrogen (secondary N) is 3. The van der Waals surface area contributed by atoms with Crippen molar-refractivity contribution < 1.29 is 24.1 Å². The molecule has 4 rings (SSSR count). The number of Topliss-reactive ketones (excluding diaryl/α,β-unsaturated/α-hetero) is 1. The largest absolute Gasteiger partial charge is 0.508 e. The molecule has 0 saturated heterocycles. The van der Waals surface area contributed by atoms with Crippen LogP contribution in [-0.4, -0.2) is 65.9 Å². The first-order valence-corrected chi connectivity index (χ1v) is 13.3. The van der Waals surface area contributed by atoms with Crippen molar-refractivity contribution in [1.29, 1.82) is 0 Å². The summed E-state index contributed by atoms with van der Waals surface area (Å²) in [5.74, 6) is 1.99. The highest BCUT2D eigenvalue weighted by Gasteiger charge is 2.09. The maximum absolute atomic E-state index is 12.3. The predicted octanol–water partition coefficient (Wildman–Crippen LogP) is 5.18. The first-order valence-electron chi connectivity index (χ1n) is 13.3. The van der Waals surface area contributed by atoms with Crippen LogP contribution in [0, 0.1) is 0 Å². The fraction of sp³-hybridized carbons (Fsp3) is 0.267. The highest BCUT2D eigenvalue weighted by atomic mass is 16.5. The summed E-state index contributed by atoms with van der Waals surface area (Å²) in [6.07, 6.45) is 1.05. The Morgan fingerprint density at radius 3 is 2.12 bits per heavy atom. The number of phenols is 1. The number of ether oxygens (including phenoxy) is 3. The van der Waals surface area contributed by atoms with Crippen LogP contribution in [0.15, 0.2) is 78.9 Å². The number of anilines is 5. The number of phenolic OH excluding ortho intramolecular Hbond substituents is 1. The van der Waals surface area contributed by atoms with Crippen molar-refractivity contribution in [1.82, 2.24) is 15.0 Å². The molecule has 11 heteroatoms. The molecule has 1 heterocycles. The summed E-state index contributed by atoms with van der Waals surface area (Å²) >= 11 is 0. The summed E-state index contributed by atoms with van der Waals surface area (Å²) in [4.78, 5) is 25.7. The zero-order valence-corrected chi connectivity index (χ0v) is 22.9. The number of methoxy groups -OCH3 is 1. The Kier molecular flexibility index (Phi) is 11.2. The van der Waals surface area contributed by atoms with E-state index in [2.05, 4.69) is 30.9 Å². The maximum atomic E-state index is 12.3. The van der Waals surface area contributed by atoms with Crippen molar-refractivity contribution >= 4 is 35.0 Å². The van der Waals surface area contributed by atoms with E-state index in [1.165, 1.54) is 0 Å². The van der Waals surface area contributed by atoms with Crippen molar-refractivity contribution in [2.24, 2.45) is 0 Å². The molecule has 0 aliphatic carbocycles. The topological polar surface area (TPSA) is 140 Å². The van der Waals surface area contributed by atoms with Gasteiger partial charge in [-0.1, -0.05) is 30.3 Å². The van der Waals surface area contributed by atoms with Crippen LogP contribution >= 0.6 is 0 Å². The number of benzene rings is 3. The molecule has 0 atom stereocenters. The molecule has 214 valence electrons. The van der Waals surface area contributed by atoms with Crippen LogP contribution in [0.1, 0.15) is 23.2 Å². The van der Waals surface area contributed by atoms with E-state index in [4.69, 9.17) is 14.2 Å². The predicted molar refractivity (Wildman–Crippen MR) is 158 cm³/mol. The number of rotatable bonds is 17. The average molecular weight is 559 g/mol. The molecule has 3 aromatic carbocycles. The van der Waals surface area contributed by atoms with Gasteiger partial charge in [0.2, 0.25) is 17.8 Å². The van der Waals surface area contributed by atoms with Crippen molar-refractivity contribution in [3.8, 4) is 11.5 Å². The second kappa shape index (κ2) is 15.8. The zero-order valence-electron chi connectivity index (χ0n) is 22.9. The highest BCUT2D eigenvalue weighted by Crippen LogP contribution is 2.20. The van der Waals surface area contributed by atoms with Crippen molar-refractivity contribution in [2.75, 3.05) is 56.0 Å². The van der Waals surface area contributed by atoms with Gasteiger partial charge in [-0.05, 0) is 55.0 Å². The number of aromatic nitrogens is 3. The molecule has 4 N–H and O–H groups in total. The Labute approximate surface area is 238 Å². The monoisotopic (exact) mass is 558 g/mol. The fourth-order valence-corrected chi connectivity index (χ4v) is 3.72. The fourth-order valence-electron chi connectivity index (χ4n) is 3.72. The van der Waals surface area contributed by atoms with Crippen molar-refractivity contribution in [3.05, 3.63) is 84.4 Å². The van der Waals surface area contributed by atoms with E-state index in [1.807, 2.05) is 42.5 Å². The first kappa shape index (κ1) is 29.2. The molecule has 1 aromatic heterocycles. The Morgan fingerprint density at radius 1 is 0.756 bits per heavy atom. The van der Waals surface area contributed by atoms with Crippen LogP contribution in [0.25, 0.3) is 0 Å². The summed E-state index contributed by atoms with van der Waals surface area (Å²) in [5.41, 5.74) is 2.21. The third kappa shape index (κ3) is 10.1. The molecule has 4 aromatic rings. The molecule has 0 radical (unpaired) electrons. The number of hydrogen-bond donors (Lipinski definition) is 4. The second-order valence-corrected chi connectivity index (χ2v) is 8.88. The van der Waals surface area contributed by atoms with Gasteiger partial charge in [-0.15, -0.1) is 0 Å². The first-order chi connectivity index (χ1) is 20.1. The van der Waals surface area contributed by atoms with Gasteiger partial charge in [0.1, 0.15) is 11.5 Å². The Hall–Kier alpha value is -4.74. The minimum atomic E-state index is 0.0664. The SMILES string of the molecule is COc1cccc(C(=O)CCCOCCOCCNc2nc(Nc3ccccc3)nc(Nc3ccc(O)cc3)n2)c1. The number of nitrogens with zero attached hydrogens (tertiary/aromatic N) is 3. The molecule has 0 amide bonds. The zero-order chi connectivity index (χ0) is 28.7. The van der Waals surface area contributed by atoms with E-state index in [-0.39, 0.29) is 11.5 Å². The number of ketones is 1. The molecule has 0 unspecified atom stereocenters. The Balaban J connectivity index is 1.17. The number of carbonyl (C=O) groups excluding carboxylic acids is 1. The van der Waals surface area contributed by atoms with Gasteiger partial charge in [-0.25, -0.2) is 0 Å². The van der Waals surface area contributed by atoms with Crippen LogP contribution in [0.2, 0.25) is 0 Å². The minimum absolute atomic E-state index is 0.0664. The van der Waals surface area contributed by atoms with Gasteiger partial charge in [0.05, 0.1) is 26.9 Å². The summed E-state index contributed by atoms with van der Waals surface area (Å²) in [6.45, 7) is 2.24. The molecule has 0 fully saturated rings. The lowest BCUT2D eigenvalue weighted by Crippen LogP contribution is -2.15. The van der Waals surface area contributed by atoms with E-state index < -0.39 is 0 Å². The van der Waals surface area contributed by atoms with Gasteiger partial charge in [0.25, 0.3) is 0 Å². The third-order valence-electron chi connectivity index (χ3n) is 5.77. The summed E-state index contributed by atoms with van der Waals surface area (Å²) in [5, 5.41) is 19.0. The van der Waals surface area contributed by atoms with Crippen LogP contribution in [-0.2, 0) is 9.47 Å². The third-order valence-corrected chi connectivity index (χ3v) is 5.77. The van der Waals surface area contributed by atoms with E-state index in [1.54, 1.807) is 43.5 Å². The molecule has 41 heavy (non-hydrogen) atoms. The molecule has 0 spiro atoms. The molecular formula is C30H34N6O5. The van der Waals surface area contributed by atoms with E-state index >= 15 is 0 Å². The van der Waals surface area contributed by atoms with Crippen LogP contribution in [0.5, 0.6) is 11.5 Å². The summed E-state index contributed by atoms with van der Waals surface area (Å²) in [6, 6.07) is 23.4. The molecule has 0 aliphatic rings. The molecule has 0 bridgehead atoms. The standard InChI is InChI=1S/C30H34N6O5/c1-39-26-10-5-7-22(21-26)27(38)11-6-17-40-19-20-41-18-16-31-28-34-29(32-23-8-3-2-4-9-23)36-30(35-28)33-24-12-14-25(37)15-13-24/h2-5,7-10,12-15,21,37H,6,11,16-20H2,1H3,(H3,31,32,33,34,35,36). The van der Waals surface area contributed by atoms with Gasteiger partial charge in [-0.2, -0.15) is 15.0 Å². The highest BCUT2D eigenvalue weighted by molar-refractivity contribution is 5.96. The Morgan fingerprint density at radius 2 is 1.41 bits per heavy atom. The lowest BCUT2D eigenvalue weighted by molar-refractivity contribution is 0.0497. The summed E-state index contributed by atoms with van der Waals surface area (Å²) in [7, 11) is 1.58. The van der Waals surface area contributed by atoms with Gasteiger partial charge in [-0.3, -0.25) is 4.79 Å². The normalized spacial score (nSPS) is 10.7. The summed E-state index contributed by atoms with van der Waals surface area (Å²) < 4.78 is 16.4. The average Bonchev–Trinajstić information content (AvgIpc) is 2.99. The number of para-hydroxylation sites is 1. The lowest BCUT2D eigenvalue weighted by Gasteiger charge is -2.12. The number of hydrogen-bond acceptors (Lipinski definition) is 11. The number of carbonyl (C=O) groups is 1. The second-order valence-electron chi connectivity index (χ2n) is 8.88. The minimum Gasteiger partial charge on any atom is -0.508 e. The number of aromatic hydroxyl groups is 1. The molecule has 0 saturated carbocycles. The van der Waals surface area contributed by atoms with E-state index in [0.717, 1.165) is 11.4 Å². The van der Waals surface area contributed by atoms with Gasteiger partial charge in [0.15, 0.2) is 5.78 Å². The van der Waals surface area contributed by atoms with Gasteiger partial charge >= 0.3 is 0 Å². The molecule has 11 nitrogen and oxygen atoms in total. The quantitative estimate of drug-likeness (QED) is 0.0774. The molecular weight excluding hydrogens is 524 g/mol. The van der Waals surface area contributed by atoms with Crippen LogP contribution < -0.4 is 20.7 Å². The van der Waals surface area contributed by atoms with Crippen molar-refractivity contribution in [2.45, 2.75) is 12.8 Å². The van der Waals surface area contributed by atoms with E-state index in [9.17, 15) is 9.90 Å². The van der Waals surface area contributed by atoms with Gasteiger partial charge < -0.3 is 35.3 Å². The lowest BCUT2D eigenvalue weighted by atomic mass is 10.1. The van der Waals surface area contributed by atoms with Crippen molar-refractivity contribution in [3.63, 3.8) is 0 Å². The van der Waals surface area contributed by atoms with Crippen LogP contribution in [0.4, 0.5) is 29.2 Å². The van der Waals surface area contributed by atoms with E-state index in [0.29, 0.717) is 75.0 Å². The van der Waals surface area contributed by atoms with Gasteiger partial charge in [0, 0.05) is 36.5 Å².